The number of carbonyl (C=O) groups excluding carboxylic acids is 1. The van der Waals surface area contributed by atoms with E-state index in [1.807, 2.05) is 24.3 Å². The predicted molar refractivity (Wildman–Crippen MR) is 90.3 cm³/mol. The summed E-state index contributed by atoms with van der Waals surface area (Å²) < 4.78 is 15.7. The average molecular weight is 345 g/mol. The maximum Gasteiger partial charge on any atom is 0.246 e. The predicted octanol–water partition coefficient (Wildman–Crippen LogP) is 2.22. The Balaban J connectivity index is 1.43. The molecule has 0 radical (unpaired) electrons. The lowest BCUT2D eigenvalue weighted by Crippen LogP contribution is -2.23. The van der Waals surface area contributed by atoms with Crippen molar-refractivity contribution in [3.05, 3.63) is 41.5 Å². The van der Waals surface area contributed by atoms with Crippen molar-refractivity contribution in [3.8, 4) is 5.75 Å². The average Bonchev–Trinajstić information content (AvgIpc) is 3.15. The smallest absolute Gasteiger partial charge is 0.246 e. The second-order valence-corrected chi connectivity index (χ2v) is 6.06. The molecule has 25 heavy (non-hydrogen) atoms. The number of aromatic nitrogens is 2. The summed E-state index contributed by atoms with van der Waals surface area (Å²) in [4.78, 5) is 16.4. The lowest BCUT2D eigenvalue weighted by molar-refractivity contribution is -0.121. The van der Waals surface area contributed by atoms with E-state index < -0.39 is 0 Å². The molecule has 0 spiro atoms. The van der Waals surface area contributed by atoms with E-state index in [0.717, 1.165) is 37.4 Å². The van der Waals surface area contributed by atoms with Crippen LogP contribution in [-0.4, -0.2) is 36.4 Å². The molecule has 7 heteroatoms. The molecule has 1 fully saturated rings. The topological polar surface area (TPSA) is 86.5 Å². The van der Waals surface area contributed by atoms with Crippen molar-refractivity contribution in [2.45, 2.75) is 38.1 Å². The summed E-state index contributed by atoms with van der Waals surface area (Å²) in [6.07, 6.45) is 2.87. The van der Waals surface area contributed by atoms with Gasteiger partial charge in [0.15, 0.2) is 5.82 Å². The molecule has 1 saturated heterocycles. The first-order chi connectivity index (χ1) is 12.2. The Kier molecular flexibility index (Phi) is 6.00. The first kappa shape index (κ1) is 17.4. The Morgan fingerprint density at radius 3 is 3.00 bits per heavy atom. The maximum atomic E-state index is 12.0. The largest absolute Gasteiger partial charge is 0.497 e. The van der Waals surface area contributed by atoms with Crippen molar-refractivity contribution in [1.82, 2.24) is 15.5 Å². The van der Waals surface area contributed by atoms with Crippen LogP contribution >= 0.6 is 0 Å². The lowest BCUT2D eigenvalue weighted by Gasteiger charge is -2.18. The van der Waals surface area contributed by atoms with Gasteiger partial charge in [0.1, 0.15) is 5.75 Å². The van der Waals surface area contributed by atoms with Crippen LogP contribution in [0.3, 0.4) is 0 Å². The number of nitrogens with one attached hydrogen (secondary N) is 1. The molecule has 7 nitrogen and oxygen atoms in total. The minimum atomic E-state index is -0.0476. The number of carbonyl (C=O) groups is 1. The van der Waals surface area contributed by atoms with Crippen LogP contribution in [0.2, 0.25) is 0 Å². The van der Waals surface area contributed by atoms with E-state index in [0.29, 0.717) is 24.6 Å². The molecular formula is C18H23N3O4. The summed E-state index contributed by atoms with van der Waals surface area (Å²) in [5, 5.41) is 6.85. The number of methoxy groups -OCH3 is 1. The van der Waals surface area contributed by atoms with Crippen LogP contribution in [0.1, 0.15) is 42.5 Å². The van der Waals surface area contributed by atoms with E-state index in [9.17, 15) is 4.79 Å². The molecule has 1 amide bonds. The van der Waals surface area contributed by atoms with Gasteiger partial charge in [0.25, 0.3) is 0 Å². The minimum Gasteiger partial charge on any atom is -0.497 e. The summed E-state index contributed by atoms with van der Waals surface area (Å²) in [6.45, 7) is 1.72. The summed E-state index contributed by atoms with van der Waals surface area (Å²) in [7, 11) is 1.63. The molecule has 1 aliphatic rings. The fraction of sp³-hybridized carbons (Fsp3) is 0.500. The number of ether oxygens (including phenoxy) is 2. The van der Waals surface area contributed by atoms with Gasteiger partial charge in [-0.1, -0.05) is 17.3 Å². The van der Waals surface area contributed by atoms with Gasteiger partial charge in [-0.05, 0) is 37.0 Å². The van der Waals surface area contributed by atoms with E-state index >= 15 is 0 Å². The van der Waals surface area contributed by atoms with E-state index in [2.05, 4.69) is 15.5 Å². The SMILES string of the molecule is COc1cccc(CCC(=O)NCc2nc(C3CCOCC3)no2)c1. The van der Waals surface area contributed by atoms with Gasteiger partial charge in [0.05, 0.1) is 13.7 Å². The second-order valence-electron chi connectivity index (χ2n) is 6.06. The number of amides is 1. The minimum absolute atomic E-state index is 0.0476. The van der Waals surface area contributed by atoms with Crippen molar-refractivity contribution in [2.75, 3.05) is 20.3 Å². The number of rotatable bonds is 7. The quantitative estimate of drug-likeness (QED) is 0.828. The molecule has 2 aromatic rings. The molecule has 0 aliphatic carbocycles. The molecule has 0 atom stereocenters. The first-order valence-corrected chi connectivity index (χ1v) is 8.54. The summed E-state index contributed by atoms with van der Waals surface area (Å²) in [5.74, 6) is 2.19. The normalized spacial score (nSPS) is 15.1. The second kappa shape index (κ2) is 8.62. The molecule has 2 heterocycles. The molecule has 0 bridgehead atoms. The molecule has 1 aromatic carbocycles. The van der Waals surface area contributed by atoms with Crippen LogP contribution < -0.4 is 10.1 Å². The van der Waals surface area contributed by atoms with Gasteiger partial charge >= 0.3 is 0 Å². The van der Waals surface area contributed by atoms with Crippen molar-refractivity contribution >= 4 is 5.91 Å². The standard InChI is InChI=1S/C18H23N3O4/c1-23-15-4-2-3-13(11-15)5-6-16(22)19-12-17-20-18(21-25-17)14-7-9-24-10-8-14/h2-4,11,14H,5-10,12H2,1H3,(H,19,22). The van der Waals surface area contributed by atoms with Crippen LogP contribution in [0.4, 0.5) is 0 Å². The Morgan fingerprint density at radius 2 is 2.20 bits per heavy atom. The van der Waals surface area contributed by atoms with Gasteiger partial charge in [-0.15, -0.1) is 0 Å². The number of aryl methyl sites for hydroxylation is 1. The van der Waals surface area contributed by atoms with Gasteiger partial charge in [-0.3, -0.25) is 4.79 Å². The van der Waals surface area contributed by atoms with Gasteiger partial charge in [0, 0.05) is 25.6 Å². The van der Waals surface area contributed by atoms with Gasteiger partial charge in [-0.2, -0.15) is 4.98 Å². The van der Waals surface area contributed by atoms with E-state index in [1.54, 1.807) is 7.11 Å². The highest BCUT2D eigenvalue weighted by atomic mass is 16.5. The number of benzene rings is 1. The molecule has 134 valence electrons. The zero-order valence-corrected chi connectivity index (χ0v) is 14.4. The van der Waals surface area contributed by atoms with Crippen molar-refractivity contribution in [3.63, 3.8) is 0 Å². The fourth-order valence-electron chi connectivity index (χ4n) is 2.81. The van der Waals surface area contributed by atoms with Crippen molar-refractivity contribution in [1.29, 1.82) is 0 Å². The maximum absolute atomic E-state index is 12.0. The van der Waals surface area contributed by atoms with E-state index in [4.69, 9.17) is 14.0 Å². The third-order valence-corrected chi connectivity index (χ3v) is 4.28. The number of hydrogen-bond acceptors (Lipinski definition) is 6. The van der Waals surface area contributed by atoms with Crippen LogP contribution in [0, 0.1) is 0 Å². The molecule has 3 rings (SSSR count). The lowest BCUT2D eigenvalue weighted by atomic mass is 10.00. The van der Waals surface area contributed by atoms with Gasteiger partial charge < -0.3 is 19.3 Å². The fourth-order valence-corrected chi connectivity index (χ4v) is 2.81. The zero-order chi connectivity index (χ0) is 17.5. The molecule has 1 aliphatic heterocycles. The van der Waals surface area contributed by atoms with Crippen LogP contribution in [-0.2, 0) is 22.5 Å². The Bertz CT molecular complexity index is 695. The van der Waals surface area contributed by atoms with Crippen molar-refractivity contribution < 1.29 is 18.8 Å². The zero-order valence-electron chi connectivity index (χ0n) is 14.4. The van der Waals surface area contributed by atoms with Gasteiger partial charge in [-0.25, -0.2) is 0 Å². The first-order valence-electron chi connectivity index (χ1n) is 8.54. The van der Waals surface area contributed by atoms with Gasteiger partial charge in [0.2, 0.25) is 11.8 Å². The van der Waals surface area contributed by atoms with E-state index in [1.165, 1.54) is 0 Å². The molecule has 0 saturated carbocycles. The highest BCUT2D eigenvalue weighted by Gasteiger charge is 2.21. The highest BCUT2D eigenvalue weighted by Crippen LogP contribution is 2.24. The van der Waals surface area contributed by atoms with Crippen LogP contribution in [0.5, 0.6) is 5.75 Å². The van der Waals surface area contributed by atoms with E-state index in [-0.39, 0.29) is 18.4 Å². The summed E-state index contributed by atoms with van der Waals surface area (Å²) in [6, 6.07) is 7.72. The third kappa shape index (κ3) is 5.03. The Labute approximate surface area is 146 Å². The monoisotopic (exact) mass is 345 g/mol. The van der Waals surface area contributed by atoms with Crippen LogP contribution in [0.25, 0.3) is 0 Å². The molecular weight excluding hydrogens is 322 g/mol. The summed E-state index contributed by atoms with van der Waals surface area (Å²) in [5.41, 5.74) is 1.06. The molecule has 1 N–H and O–H groups in total. The Morgan fingerprint density at radius 1 is 1.36 bits per heavy atom. The summed E-state index contributed by atoms with van der Waals surface area (Å²) >= 11 is 0. The third-order valence-electron chi connectivity index (χ3n) is 4.28. The number of nitrogens with zero attached hydrogens (tertiary/aromatic N) is 2. The van der Waals surface area contributed by atoms with Crippen molar-refractivity contribution in [2.24, 2.45) is 0 Å². The van der Waals surface area contributed by atoms with Crippen LogP contribution in [0.15, 0.2) is 28.8 Å². The number of hydrogen-bond donors (Lipinski definition) is 1. The molecule has 1 aromatic heterocycles. The molecule has 0 unspecified atom stereocenters. The highest BCUT2D eigenvalue weighted by molar-refractivity contribution is 5.76. The Hall–Kier alpha value is -2.41.